The molecular formula is C94H174CaO6S2. The summed E-state index contributed by atoms with van der Waals surface area (Å²) in [4.78, 5) is -0.210. The predicted molar refractivity (Wildman–Crippen MR) is 453 cm³/mol. The third kappa shape index (κ3) is 78.0. The molecule has 0 fully saturated rings. The molecule has 0 saturated heterocycles. The van der Waals surface area contributed by atoms with Gasteiger partial charge in [0.2, 0.25) is 0 Å². The molecule has 0 N–H and O–H groups in total. The topological polar surface area (TPSA) is 114 Å². The number of unbranched alkanes of at least 4 members (excludes halogenated alkanes) is 76. The molecule has 0 spiro atoms. The molecule has 2 aromatic rings. The first-order chi connectivity index (χ1) is 50.1. The summed E-state index contributed by atoms with van der Waals surface area (Å²) in [5.74, 6) is 0. The van der Waals surface area contributed by atoms with Crippen molar-refractivity contribution in [2.45, 2.75) is 537 Å². The molecule has 2 aromatic carbocycles. The van der Waals surface area contributed by atoms with Gasteiger partial charge in [0.1, 0.15) is 20.2 Å². The number of hydrogen-bond donors (Lipinski definition) is 0. The fourth-order valence-corrected chi connectivity index (χ4v) is 16.7. The van der Waals surface area contributed by atoms with Crippen molar-refractivity contribution in [2.24, 2.45) is 0 Å². The van der Waals surface area contributed by atoms with Gasteiger partial charge >= 0.3 is 37.7 Å². The van der Waals surface area contributed by atoms with Gasteiger partial charge in [-0.25, -0.2) is 16.8 Å². The van der Waals surface area contributed by atoms with E-state index in [4.69, 9.17) is 0 Å². The molecule has 600 valence electrons. The van der Waals surface area contributed by atoms with E-state index in [2.05, 4.69) is 13.8 Å². The van der Waals surface area contributed by atoms with Crippen LogP contribution in [0, 0.1) is 0 Å². The van der Waals surface area contributed by atoms with Crippen LogP contribution in [0.1, 0.15) is 526 Å². The van der Waals surface area contributed by atoms with Gasteiger partial charge in [-0.15, -0.1) is 0 Å². The quantitative estimate of drug-likeness (QED) is 0.0370. The number of aryl methyl sites for hydroxylation is 2. The van der Waals surface area contributed by atoms with Gasteiger partial charge < -0.3 is 9.11 Å². The normalized spacial score (nSPS) is 11.8. The molecule has 0 radical (unpaired) electrons. The summed E-state index contributed by atoms with van der Waals surface area (Å²) < 4.78 is 67.0. The average Bonchev–Trinajstić information content (AvgIpc) is 0.872. The zero-order valence-electron chi connectivity index (χ0n) is 69.2. The molecule has 9 heteroatoms. The minimum atomic E-state index is -4.35. The molecule has 0 saturated carbocycles. The van der Waals surface area contributed by atoms with Crippen LogP contribution in [-0.2, 0) is 33.1 Å². The summed E-state index contributed by atoms with van der Waals surface area (Å²) in [5.41, 5.74) is 1.90. The Hall–Kier alpha value is -0.480. The van der Waals surface area contributed by atoms with Gasteiger partial charge in [-0.05, 0) is 61.1 Å². The second kappa shape index (κ2) is 82.5. The Balaban J connectivity index is 0.00000200. The fraction of sp³-hybridized carbons (Fsp3) is 0.872. The maximum absolute atomic E-state index is 11.2. The Bertz CT molecular complexity index is 2050. The van der Waals surface area contributed by atoms with Crippen LogP contribution in [0.15, 0.2) is 58.3 Å². The second-order valence-corrected chi connectivity index (χ2v) is 35.3. The molecule has 6 nitrogen and oxygen atoms in total. The molecule has 0 aliphatic heterocycles. The van der Waals surface area contributed by atoms with Crippen LogP contribution in [0.25, 0.3) is 0 Å². The summed E-state index contributed by atoms with van der Waals surface area (Å²) in [6, 6.07) is 13.0. The number of hydrogen-bond acceptors (Lipinski definition) is 6. The van der Waals surface area contributed by atoms with Crippen molar-refractivity contribution in [3.05, 3.63) is 59.7 Å². The second-order valence-electron chi connectivity index (χ2n) is 32.6. The van der Waals surface area contributed by atoms with Crippen molar-refractivity contribution in [3.63, 3.8) is 0 Å². The van der Waals surface area contributed by atoms with Gasteiger partial charge in [-0.2, -0.15) is 0 Å². The van der Waals surface area contributed by atoms with E-state index < -0.39 is 20.2 Å². The molecule has 2 rings (SSSR count). The third-order valence-electron chi connectivity index (χ3n) is 22.5. The van der Waals surface area contributed by atoms with Crippen molar-refractivity contribution in [2.75, 3.05) is 0 Å². The predicted octanol–water partition coefficient (Wildman–Crippen LogP) is 32.4. The molecule has 0 aliphatic carbocycles. The number of rotatable bonds is 82. The first-order valence-electron chi connectivity index (χ1n) is 46.2. The largest absolute Gasteiger partial charge is 2.00 e. The van der Waals surface area contributed by atoms with Crippen LogP contribution in [0.3, 0.4) is 0 Å². The van der Waals surface area contributed by atoms with Gasteiger partial charge in [0, 0.05) is 0 Å². The Morgan fingerprint density at radius 1 is 0.194 bits per heavy atom. The van der Waals surface area contributed by atoms with Gasteiger partial charge in [-0.1, -0.05) is 526 Å². The van der Waals surface area contributed by atoms with Gasteiger partial charge in [-0.3, -0.25) is 0 Å². The summed E-state index contributed by atoms with van der Waals surface area (Å²) in [7, 11) is -8.70. The zero-order valence-corrected chi connectivity index (χ0v) is 73.0. The van der Waals surface area contributed by atoms with Gasteiger partial charge in [0.05, 0.1) is 9.79 Å². The molecule has 0 aromatic heterocycles. The van der Waals surface area contributed by atoms with Crippen LogP contribution in [0.5, 0.6) is 0 Å². The fourth-order valence-electron chi connectivity index (χ4n) is 15.6. The molecular weight excluding hydrogens is 1330 g/mol. The molecule has 0 atom stereocenters. The van der Waals surface area contributed by atoms with E-state index >= 15 is 0 Å². The van der Waals surface area contributed by atoms with Crippen LogP contribution in [0.4, 0.5) is 0 Å². The molecule has 0 aliphatic rings. The van der Waals surface area contributed by atoms with Crippen molar-refractivity contribution < 1.29 is 25.9 Å². The first kappa shape index (κ1) is 103. The van der Waals surface area contributed by atoms with E-state index in [-0.39, 0.29) is 47.5 Å². The monoisotopic (exact) mass is 1500 g/mol. The van der Waals surface area contributed by atoms with E-state index in [0.29, 0.717) is 0 Å². The van der Waals surface area contributed by atoms with Crippen molar-refractivity contribution in [1.29, 1.82) is 0 Å². The molecule has 0 heterocycles. The maximum atomic E-state index is 11.2. The van der Waals surface area contributed by atoms with Gasteiger partial charge in [0.15, 0.2) is 0 Å². The van der Waals surface area contributed by atoms with E-state index in [1.54, 1.807) is 12.1 Å². The smallest absolute Gasteiger partial charge is 0.744 e. The maximum Gasteiger partial charge on any atom is 2.00 e. The van der Waals surface area contributed by atoms with Crippen LogP contribution in [0.2, 0.25) is 0 Å². The Morgan fingerprint density at radius 2 is 0.311 bits per heavy atom. The Labute approximate surface area is 675 Å². The summed E-state index contributed by atoms with van der Waals surface area (Å²) >= 11 is 0. The van der Waals surface area contributed by atoms with E-state index in [9.17, 15) is 25.9 Å². The van der Waals surface area contributed by atoms with Crippen molar-refractivity contribution in [3.8, 4) is 0 Å². The summed E-state index contributed by atoms with van der Waals surface area (Å²) in [5, 5.41) is 0. The molecule has 0 unspecified atom stereocenters. The van der Waals surface area contributed by atoms with Gasteiger partial charge in [0.25, 0.3) is 0 Å². The Kier molecular flexibility index (Phi) is 82.1. The number of benzene rings is 2. The third-order valence-corrected chi connectivity index (χ3v) is 24.2. The standard InChI is InChI=1S/2C47H88O3S.Ca/c2*1-2-3-4-5-6-7-8-9-10-11-12-13-14-15-16-17-18-19-20-21-22-23-24-25-26-27-28-29-30-31-32-33-34-35-36-37-38-39-40-42-46-43-41-44-47(45-46)51(48,49)50;/h2*41,43-45H,2-40,42H2,1H3,(H,48,49,50);/q;;+2/p-2. The summed E-state index contributed by atoms with van der Waals surface area (Å²) in [6.07, 6.45) is 113. The zero-order chi connectivity index (χ0) is 73.5. The first-order valence-corrected chi connectivity index (χ1v) is 49.0. The van der Waals surface area contributed by atoms with Crippen molar-refractivity contribution in [1.82, 2.24) is 0 Å². The van der Waals surface area contributed by atoms with Crippen LogP contribution < -0.4 is 0 Å². The molecule has 0 bridgehead atoms. The summed E-state index contributed by atoms with van der Waals surface area (Å²) in [6.45, 7) is 4.61. The van der Waals surface area contributed by atoms with Crippen LogP contribution >= 0.6 is 0 Å². The van der Waals surface area contributed by atoms with E-state index in [0.717, 1.165) is 36.8 Å². The minimum absolute atomic E-state index is 0. The van der Waals surface area contributed by atoms with Crippen molar-refractivity contribution >= 4 is 58.0 Å². The minimum Gasteiger partial charge on any atom is -0.744 e. The average molecular weight is 1500 g/mol. The van der Waals surface area contributed by atoms with Crippen LogP contribution in [-0.4, -0.2) is 63.7 Å². The molecule has 0 amide bonds. The van der Waals surface area contributed by atoms with E-state index in [1.165, 1.54) is 512 Å². The SMILES string of the molecule is CCCCCCCCCCCCCCCCCCCCCCCCCCCCCCCCCCCCCCCCCc1cccc(S(=O)(=O)[O-])c1.CCCCCCCCCCCCCCCCCCCCCCCCCCCCCCCCCCCCCCCCCc1cccc(S(=O)(=O)[O-])c1.[Ca+2]. The van der Waals surface area contributed by atoms with E-state index in [1.807, 2.05) is 12.1 Å². The molecule has 103 heavy (non-hydrogen) atoms. The Morgan fingerprint density at radius 3 is 0.427 bits per heavy atom.